The Morgan fingerprint density at radius 3 is 2.59 bits per heavy atom. The number of carbonyl (C=O) groups excluding carboxylic acids is 1. The van der Waals surface area contributed by atoms with Crippen LogP contribution in [0.2, 0.25) is 0 Å². The van der Waals surface area contributed by atoms with Crippen molar-refractivity contribution in [1.82, 2.24) is 10.6 Å². The van der Waals surface area contributed by atoms with Crippen molar-refractivity contribution in [2.75, 3.05) is 26.8 Å². The monoisotopic (exact) mass is 364 g/mol. The van der Waals surface area contributed by atoms with Crippen LogP contribution in [0, 0.1) is 0 Å². The molecular weight excluding hydrogens is 340 g/mol. The summed E-state index contributed by atoms with van der Waals surface area (Å²) in [6, 6.07) is 14.0. The summed E-state index contributed by atoms with van der Waals surface area (Å²) in [6.07, 6.45) is 1.92. The minimum Gasteiger partial charge on any atom is -0.497 e. The molecule has 0 aliphatic carbocycles. The molecule has 2 heterocycles. The Hall–Kier alpha value is -2.79. The van der Waals surface area contributed by atoms with Crippen LogP contribution in [0.15, 0.2) is 48.0 Å². The van der Waals surface area contributed by atoms with E-state index in [1.54, 1.807) is 7.11 Å². The molecule has 0 aromatic heterocycles. The van der Waals surface area contributed by atoms with Crippen LogP contribution in [-0.4, -0.2) is 32.7 Å². The van der Waals surface area contributed by atoms with Gasteiger partial charge in [-0.2, -0.15) is 0 Å². The standard InChI is InChI=1S/C22H24N2O3/c1-26-18-5-2-15(3-6-18)20-9-11-23-10-8-17(20)14-27-19-7-4-16-13-24-22(25)21(16)12-19/h2-7,12,23H,8-11,13-14H2,1H3,(H,24,25). The van der Waals surface area contributed by atoms with Gasteiger partial charge in [0, 0.05) is 12.1 Å². The Morgan fingerprint density at radius 2 is 1.78 bits per heavy atom. The number of nitrogens with one attached hydrogen (secondary N) is 2. The van der Waals surface area contributed by atoms with Crippen molar-refractivity contribution < 1.29 is 14.3 Å². The average Bonchev–Trinajstić information content (AvgIpc) is 2.92. The number of ether oxygens (including phenoxy) is 2. The van der Waals surface area contributed by atoms with E-state index in [1.807, 2.05) is 30.3 Å². The zero-order valence-electron chi connectivity index (χ0n) is 15.5. The molecule has 0 atom stereocenters. The van der Waals surface area contributed by atoms with Gasteiger partial charge in [0.05, 0.1) is 7.11 Å². The van der Waals surface area contributed by atoms with Gasteiger partial charge in [-0.25, -0.2) is 0 Å². The third-order valence-corrected chi connectivity index (χ3v) is 5.20. The molecule has 0 radical (unpaired) electrons. The Morgan fingerprint density at radius 1 is 1.00 bits per heavy atom. The van der Waals surface area contributed by atoms with Gasteiger partial charge in [0.25, 0.3) is 5.91 Å². The number of hydrogen-bond donors (Lipinski definition) is 2. The zero-order chi connectivity index (χ0) is 18.6. The summed E-state index contributed by atoms with van der Waals surface area (Å²) in [5, 5.41) is 6.30. The van der Waals surface area contributed by atoms with E-state index in [0.29, 0.717) is 13.2 Å². The molecule has 0 fully saturated rings. The van der Waals surface area contributed by atoms with Crippen molar-refractivity contribution >= 4 is 11.5 Å². The van der Waals surface area contributed by atoms with Gasteiger partial charge in [-0.3, -0.25) is 4.79 Å². The Labute approximate surface area is 159 Å². The SMILES string of the molecule is COc1ccc(C2=C(COc3ccc4c(c3)C(=O)NC4)CCNCC2)cc1. The predicted octanol–water partition coefficient (Wildman–Crippen LogP) is 3.15. The highest BCUT2D eigenvalue weighted by Crippen LogP contribution is 2.29. The average molecular weight is 364 g/mol. The number of benzene rings is 2. The fourth-order valence-electron chi connectivity index (χ4n) is 3.66. The van der Waals surface area contributed by atoms with Gasteiger partial charge >= 0.3 is 0 Å². The third kappa shape index (κ3) is 3.83. The maximum Gasteiger partial charge on any atom is 0.252 e. The topological polar surface area (TPSA) is 59.6 Å². The maximum atomic E-state index is 11.9. The van der Waals surface area contributed by atoms with Gasteiger partial charge in [-0.1, -0.05) is 18.2 Å². The molecule has 140 valence electrons. The summed E-state index contributed by atoms with van der Waals surface area (Å²) in [4.78, 5) is 11.9. The Bertz CT molecular complexity index is 872. The van der Waals surface area contributed by atoms with E-state index in [1.165, 1.54) is 16.7 Å². The number of rotatable bonds is 5. The van der Waals surface area contributed by atoms with Crippen LogP contribution < -0.4 is 20.1 Å². The molecule has 2 N–H and O–H groups in total. The van der Waals surface area contributed by atoms with Gasteiger partial charge in [0.2, 0.25) is 0 Å². The number of amides is 1. The van der Waals surface area contributed by atoms with E-state index in [4.69, 9.17) is 9.47 Å². The fourth-order valence-corrected chi connectivity index (χ4v) is 3.66. The fraction of sp³-hybridized carbons (Fsp3) is 0.318. The third-order valence-electron chi connectivity index (χ3n) is 5.20. The van der Waals surface area contributed by atoms with Crippen LogP contribution in [0.5, 0.6) is 11.5 Å². The van der Waals surface area contributed by atoms with E-state index in [0.717, 1.165) is 48.6 Å². The van der Waals surface area contributed by atoms with Crippen LogP contribution in [0.25, 0.3) is 5.57 Å². The summed E-state index contributed by atoms with van der Waals surface area (Å²) in [5.74, 6) is 1.58. The van der Waals surface area contributed by atoms with Crippen LogP contribution in [0.3, 0.4) is 0 Å². The molecule has 0 unspecified atom stereocenters. The second-order valence-electron chi connectivity index (χ2n) is 6.85. The van der Waals surface area contributed by atoms with Gasteiger partial charge in [0.15, 0.2) is 0 Å². The first kappa shape index (κ1) is 17.6. The summed E-state index contributed by atoms with van der Waals surface area (Å²) >= 11 is 0. The van der Waals surface area contributed by atoms with Gasteiger partial charge in [0.1, 0.15) is 18.1 Å². The second-order valence-corrected chi connectivity index (χ2v) is 6.85. The highest BCUT2D eigenvalue weighted by Gasteiger charge is 2.19. The lowest BCUT2D eigenvalue weighted by Gasteiger charge is -2.15. The van der Waals surface area contributed by atoms with Crippen LogP contribution in [0.4, 0.5) is 0 Å². The normalized spacial score (nSPS) is 16.6. The van der Waals surface area contributed by atoms with E-state index in [9.17, 15) is 4.79 Å². The Kier molecular flexibility index (Phi) is 5.12. The number of fused-ring (bicyclic) bond motifs is 1. The number of carbonyl (C=O) groups is 1. The first-order valence-electron chi connectivity index (χ1n) is 9.34. The molecule has 2 aromatic rings. The molecule has 5 nitrogen and oxygen atoms in total. The minimum atomic E-state index is -0.0211. The lowest BCUT2D eigenvalue weighted by Crippen LogP contribution is -2.14. The van der Waals surface area contributed by atoms with Gasteiger partial charge < -0.3 is 20.1 Å². The molecule has 0 saturated carbocycles. The number of methoxy groups -OCH3 is 1. The summed E-state index contributed by atoms with van der Waals surface area (Å²) < 4.78 is 11.4. The molecule has 1 amide bonds. The van der Waals surface area contributed by atoms with Crippen LogP contribution in [0.1, 0.15) is 34.3 Å². The Balaban J connectivity index is 1.56. The molecule has 0 bridgehead atoms. The molecule has 2 aliphatic rings. The summed E-state index contributed by atoms with van der Waals surface area (Å²) in [6.45, 7) is 3.05. The van der Waals surface area contributed by atoms with Crippen LogP contribution in [-0.2, 0) is 6.54 Å². The highest BCUT2D eigenvalue weighted by molar-refractivity contribution is 5.98. The van der Waals surface area contributed by atoms with Crippen molar-refractivity contribution in [3.63, 3.8) is 0 Å². The van der Waals surface area contributed by atoms with E-state index < -0.39 is 0 Å². The number of hydrogen-bond acceptors (Lipinski definition) is 4. The molecule has 5 heteroatoms. The summed E-state index contributed by atoms with van der Waals surface area (Å²) in [5.41, 5.74) is 5.60. The molecule has 0 spiro atoms. The van der Waals surface area contributed by atoms with Gasteiger partial charge in [-0.15, -0.1) is 0 Å². The quantitative estimate of drug-likeness (QED) is 0.856. The molecular formula is C22H24N2O3. The van der Waals surface area contributed by atoms with E-state index in [2.05, 4.69) is 22.8 Å². The van der Waals surface area contributed by atoms with Crippen molar-refractivity contribution in [1.29, 1.82) is 0 Å². The molecule has 27 heavy (non-hydrogen) atoms. The van der Waals surface area contributed by atoms with E-state index >= 15 is 0 Å². The van der Waals surface area contributed by atoms with Gasteiger partial charge in [-0.05, 0) is 72.5 Å². The van der Waals surface area contributed by atoms with Crippen molar-refractivity contribution in [3.8, 4) is 11.5 Å². The van der Waals surface area contributed by atoms with Crippen LogP contribution >= 0.6 is 0 Å². The highest BCUT2D eigenvalue weighted by atomic mass is 16.5. The smallest absolute Gasteiger partial charge is 0.252 e. The molecule has 4 rings (SSSR count). The first-order valence-corrected chi connectivity index (χ1v) is 9.34. The summed E-state index contributed by atoms with van der Waals surface area (Å²) in [7, 11) is 1.68. The van der Waals surface area contributed by atoms with E-state index in [-0.39, 0.29) is 5.91 Å². The minimum absolute atomic E-state index is 0.0211. The zero-order valence-corrected chi connectivity index (χ0v) is 15.5. The van der Waals surface area contributed by atoms with Crippen molar-refractivity contribution in [2.45, 2.75) is 19.4 Å². The molecule has 0 saturated heterocycles. The maximum absolute atomic E-state index is 11.9. The predicted molar refractivity (Wildman–Crippen MR) is 105 cm³/mol. The largest absolute Gasteiger partial charge is 0.497 e. The second kappa shape index (κ2) is 7.84. The lowest BCUT2D eigenvalue weighted by atomic mass is 9.96. The van der Waals surface area contributed by atoms with Crippen molar-refractivity contribution in [2.24, 2.45) is 0 Å². The molecule has 2 aliphatic heterocycles. The molecule has 2 aromatic carbocycles. The first-order chi connectivity index (χ1) is 13.2. The lowest BCUT2D eigenvalue weighted by molar-refractivity contribution is 0.0965. The van der Waals surface area contributed by atoms with Crippen molar-refractivity contribution in [3.05, 3.63) is 64.7 Å².